The number of hydrogen-bond donors (Lipinski definition) is 3. The fourth-order valence-electron chi connectivity index (χ4n) is 2.51. The number of nitrogen functional groups attached to an aromatic ring is 1. The lowest BCUT2D eigenvalue weighted by molar-refractivity contribution is -0.173. The van der Waals surface area contributed by atoms with Gasteiger partial charge in [0.2, 0.25) is 0 Å². The molecular formula is C15H16F3N7O5. The van der Waals surface area contributed by atoms with Crippen molar-refractivity contribution in [2.75, 3.05) is 25.6 Å². The number of carbonyl (C=O) groups excluding carboxylic acids is 1. The third-order valence-electron chi connectivity index (χ3n) is 3.88. The Morgan fingerprint density at radius 3 is 2.97 bits per heavy atom. The number of carbonyl (C=O) groups is 1. The van der Waals surface area contributed by atoms with Crippen molar-refractivity contribution in [2.24, 2.45) is 5.11 Å². The number of aliphatic hydroxyl groups is 1. The number of alkyl halides is 3. The van der Waals surface area contributed by atoms with Crippen LogP contribution in [0, 0.1) is 11.8 Å². The van der Waals surface area contributed by atoms with E-state index in [-0.39, 0.29) is 24.5 Å². The molecule has 1 fully saturated rings. The van der Waals surface area contributed by atoms with Crippen LogP contribution in [0.15, 0.2) is 16.1 Å². The number of hydrogen-bond acceptors (Lipinski definition) is 8. The maximum absolute atomic E-state index is 12.2. The Morgan fingerprint density at radius 2 is 2.33 bits per heavy atom. The maximum atomic E-state index is 12.2. The molecule has 2 rings (SSSR count). The number of anilines is 1. The van der Waals surface area contributed by atoms with Crippen LogP contribution < -0.4 is 16.7 Å². The van der Waals surface area contributed by atoms with E-state index in [2.05, 4.69) is 26.9 Å². The number of nitrogens with one attached hydrogen (secondary N) is 1. The number of nitrogens with two attached hydrogens (primary N) is 1. The zero-order valence-electron chi connectivity index (χ0n) is 15.2. The van der Waals surface area contributed by atoms with Gasteiger partial charge in [0, 0.05) is 17.5 Å². The molecule has 12 nitrogen and oxygen atoms in total. The largest absolute Gasteiger partial charge is 0.471 e. The normalized spacial score (nSPS) is 20.7. The summed E-state index contributed by atoms with van der Waals surface area (Å²) in [5.74, 6) is 2.29. The molecule has 1 aromatic rings. The summed E-state index contributed by atoms with van der Waals surface area (Å²) in [6.07, 6.45) is -6.13. The van der Waals surface area contributed by atoms with Crippen molar-refractivity contribution in [3.8, 4) is 11.8 Å². The molecule has 1 saturated heterocycles. The highest BCUT2D eigenvalue weighted by molar-refractivity contribution is 5.81. The molecule has 4 N–H and O–H groups in total. The highest BCUT2D eigenvalue weighted by Crippen LogP contribution is 2.30. The van der Waals surface area contributed by atoms with E-state index in [4.69, 9.17) is 20.7 Å². The fraction of sp³-hybridized carbons (Fsp3) is 0.533. The maximum Gasteiger partial charge on any atom is 0.471 e. The second-order valence-electron chi connectivity index (χ2n) is 5.82. The van der Waals surface area contributed by atoms with Gasteiger partial charge in [0.15, 0.2) is 0 Å². The number of aliphatic hydroxyl groups excluding tert-OH is 1. The van der Waals surface area contributed by atoms with E-state index in [0.717, 1.165) is 4.57 Å². The molecule has 0 spiro atoms. The van der Waals surface area contributed by atoms with Crippen molar-refractivity contribution in [2.45, 2.75) is 31.0 Å². The number of halogens is 3. The van der Waals surface area contributed by atoms with Gasteiger partial charge in [-0.05, 0) is 5.53 Å². The van der Waals surface area contributed by atoms with Gasteiger partial charge < -0.3 is 25.6 Å². The van der Waals surface area contributed by atoms with E-state index in [0.29, 0.717) is 0 Å². The van der Waals surface area contributed by atoms with Crippen molar-refractivity contribution in [1.29, 1.82) is 0 Å². The van der Waals surface area contributed by atoms with Crippen LogP contribution in [0.25, 0.3) is 10.4 Å². The van der Waals surface area contributed by atoms with Gasteiger partial charge in [0.25, 0.3) is 0 Å². The Balaban J connectivity index is 2.15. The summed E-state index contributed by atoms with van der Waals surface area (Å²) in [4.78, 5) is 29.0. The minimum atomic E-state index is -5.03. The Morgan fingerprint density at radius 1 is 1.60 bits per heavy atom. The second-order valence-corrected chi connectivity index (χ2v) is 5.82. The first-order chi connectivity index (χ1) is 14.2. The minimum Gasteiger partial charge on any atom is -0.394 e. The van der Waals surface area contributed by atoms with Gasteiger partial charge in [-0.1, -0.05) is 17.0 Å². The van der Waals surface area contributed by atoms with Crippen molar-refractivity contribution in [1.82, 2.24) is 14.9 Å². The lowest BCUT2D eigenvalue weighted by atomic mass is 10.2. The summed E-state index contributed by atoms with van der Waals surface area (Å²) in [6, 6.07) is 0. The molecule has 3 atom stereocenters. The summed E-state index contributed by atoms with van der Waals surface area (Å²) in [7, 11) is 0. The van der Waals surface area contributed by atoms with E-state index in [9.17, 15) is 27.9 Å². The third kappa shape index (κ3) is 5.84. The number of ether oxygens (including phenoxy) is 2. The lowest BCUT2D eigenvalue weighted by Gasteiger charge is -2.15. The van der Waals surface area contributed by atoms with E-state index in [1.807, 2.05) is 0 Å². The van der Waals surface area contributed by atoms with Crippen molar-refractivity contribution in [3.05, 3.63) is 32.7 Å². The summed E-state index contributed by atoms with van der Waals surface area (Å²) in [5, 5.41) is 14.2. The van der Waals surface area contributed by atoms with Gasteiger partial charge >= 0.3 is 17.8 Å². The Hall–Kier alpha value is -3.31. The monoisotopic (exact) mass is 431 g/mol. The highest BCUT2D eigenvalue weighted by Gasteiger charge is 2.38. The topological polar surface area (TPSA) is 177 Å². The Bertz CT molecular complexity index is 949. The van der Waals surface area contributed by atoms with Gasteiger partial charge in [-0.15, -0.1) is 0 Å². The van der Waals surface area contributed by atoms with E-state index in [1.54, 1.807) is 5.32 Å². The first-order valence-corrected chi connectivity index (χ1v) is 8.28. The molecule has 1 amide bonds. The van der Waals surface area contributed by atoms with E-state index < -0.39 is 49.4 Å². The van der Waals surface area contributed by atoms with Crippen molar-refractivity contribution in [3.63, 3.8) is 0 Å². The quantitative estimate of drug-likeness (QED) is 0.241. The number of rotatable bonds is 6. The average Bonchev–Trinajstić information content (AvgIpc) is 3.08. The van der Waals surface area contributed by atoms with Crippen molar-refractivity contribution >= 4 is 11.7 Å². The molecule has 162 valence electrons. The summed E-state index contributed by atoms with van der Waals surface area (Å²) < 4.78 is 48.3. The minimum absolute atomic E-state index is 0.0125. The van der Waals surface area contributed by atoms with Crippen LogP contribution in [0.5, 0.6) is 0 Å². The Labute approximate surface area is 166 Å². The zero-order chi connectivity index (χ0) is 22.3. The summed E-state index contributed by atoms with van der Waals surface area (Å²) in [5.41, 5.74) is 13.1. The van der Waals surface area contributed by atoms with Crippen LogP contribution in [0.2, 0.25) is 0 Å². The van der Waals surface area contributed by atoms with Gasteiger partial charge in [-0.3, -0.25) is 9.36 Å². The molecule has 30 heavy (non-hydrogen) atoms. The number of amides is 1. The van der Waals surface area contributed by atoms with Gasteiger partial charge in [-0.2, -0.15) is 18.2 Å². The predicted molar refractivity (Wildman–Crippen MR) is 93.4 cm³/mol. The second kappa shape index (κ2) is 9.94. The summed E-state index contributed by atoms with van der Waals surface area (Å²) >= 11 is 0. The molecule has 0 aliphatic carbocycles. The molecule has 15 heteroatoms. The molecule has 0 radical (unpaired) electrons. The van der Waals surface area contributed by atoms with Gasteiger partial charge in [0.05, 0.1) is 24.8 Å². The summed E-state index contributed by atoms with van der Waals surface area (Å²) in [6.45, 7) is -1.35. The standard InChI is InChI=1S/C15H16F3N7O5/c16-15(17,18)13(27)21-3-1-2-8-5-25(14(28)23-12(8)19)11-4-9(10(6-26)30-11)29-7-22-24-20/h5,9-11,26H,3-4,6-7H2,(H,21,27)(H2,19,23,28)/t9?,10-,11-/m1/s1. The predicted octanol–water partition coefficient (Wildman–Crippen LogP) is -0.212. The molecule has 1 aliphatic heterocycles. The zero-order valence-corrected chi connectivity index (χ0v) is 15.2. The lowest BCUT2D eigenvalue weighted by Crippen LogP contribution is -2.36. The Kier molecular flexibility index (Phi) is 7.61. The molecular weight excluding hydrogens is 415 g/mol. The van der Waals surface area contributed by atoms with Crippen LogP contribution in [0.4, 0.5) is 19.0 Å². The van der Waals surface area contributed by atoms with Crippen LogP contribution >= 0.6 is 0 Å². The molecule has 1 unspecified atom stereocenters. The number of azide groups is 1. The molecule has 0 bridgehead atoms. The van der Waals surface area contributed by atoms with Crippen LogP contribution in [0.3, 0.4) is 0 Å². The van der Waals surface area contributed by atoms with E-state index in [1.165, 1.54) is 6.20 Å². The molecule has 0 saturated carbocycles. The number of aromatic nitrogens is 2. The first-order valence-electron chi connectivity index (χ1n) is 8.28. The fourth-order valence-corrected chi connectivity index (χ4v) is 2.51. The van der Waals surface area contributed by atoms with Crippen LogP contribution in [-0.2, 0) is 14.3 Å². The smallest absolute Gasteiger partial charge is 0.394 e. The molecule has 1 aromatic heterocycles. The SMILES string of the molecule is [N-]=[N+]=NCOC1C[C@H](n2cc(C#CCNC(=O)C(F)(F)F)c(N)nc2=O)O[C@@H]1CO. The third-order valence-corrected chi connectivity index (χ3v) is 3.88. The number of nitrogens with zero attached hydrogens (tertiary/aromatic N) is 5. The molecule has 1 aliphatic rings. The van der Waals surface area contributed by atoms with E-state index >= 15 is 0 Å². The van der Waals surface area contributed by atoms with Crippen molar-refractivity contribution < 1.29 is 32.5 Å². The molecule has 0 aromatic carbocycles. The van der Waals surface area contributed by atoms with Gasteiger partial charge in [0.1, 0.15) is 24.9 Å². The highest BCUT2D eigenvalue weighted by atomic mass is 19.4. The van der Waals surface area contributed by atoms with Crippen LogP contribution in [0.1, 0.15) is 18.2 Å². The average molecular weight is 431 g/mol. The molecule has 2 heterocycles. The van der Waals surface area contributed by atoms with Crippen LogP contribution in [-0.4, -0.2) is 58.8 Å². The van der Waals surface area contributed by atoms with Gasteiger partial charge in [-0.25, -0.2) is 4.79 Å². The first kappa shape index (κ1) is 23.0.